The van der Waals surface area contributed by atoms with E-state index in [9.17, 15) is 9.59 Å². The zero-order valence-electron chi connectivity index (χ0n) is 17.1. The maximum absolute atomic E-state index is 12.4. The maximum Gasteiger partial charge on any atom is 0.286 e. The van der Waals surface area contributed by atoms with Gasteiger partial charge in [-0.1, -0.05) is 36.5 Å². The number of ether oxygens (including phenoxy) is 1. The number of carbonyl (C=O) groups is 2. The molecule has 1 heterocycles. The molecular formula is C22H24N4O3S. The van der Waals surface area contributed by atoms with Gasteiger partial charge in [-0.25, -0.2) is 0 Å². The number of aryl methyl sites for hydroxylation is 1. The van der Waals surface area contributed by atoms with Crippen LogP contribution in [0.25, 0.3) is 0 Å². The van der Waals surface area contributed by atoms with Gasteiger partial charge >= 0.3 is 0 Å². The molecule has 7 nitrogen and oxygen atoms in total. The molecule has 3 rings (SSSR count). The van der Waals surface area contributed by atoms with E-state index in [4.69, 9.17) is 4.74 Å². The molecule has 1 aromatic heterocycles. The molecule has 0 aliphatic heterocycles. The van der Waals surface area contributed by atoms with Gasteiger partial charge < -0.3 is 15.4 Å². The third-order valence-corrected chi connectivity index (χ3v) is 5.40. The largest absolute Gasteiger partial charge is 0.486 e. The second-order valence-corrected chi connectivity index (χ2v) is 7.93. The van der Waals surface area contributed by atoms with Gasteiger partial charge in [-0.15, -0.1) is 10.2 Å². The Labute approximate surface area is 179 Å². The lowest BCUT2D eigenvalue weighted by Crippen LogP contribution is -2.31. The first kappa shape index (κ1) is 21.4. The first-order chi connectivity index (χ1) is 14.5. The van der Waals surface area contributed by atoms with E-state index in [0.717, 1.165) is 17.7 Å². The minimum atomic E-state index is -0.355. The van der Waals surface area contributed by atoms with Crippen LogP contribution in [0.4, 0.5) is 5.69 Å². The highest BCUT2D eigenvalue weighted by atomic mass is 32.1. The molecule has 30 heavy (non-hydrogen) atoms. The highest BCUT2D eigenvalue weighted by Gasteiger charge is 2.14. The predicted molar refractivity (Wildman–Crippen MR) is 117 cm³/mol. The number of hydrogen-bond donors (Lipinski definition) is 2. The molecule has 0 saturated heterocycles. The maximum atomic E-state index is 12.4. The van der Waals surface area contributed by atoms with Crippen molar-refractivity contribution in [1.82, 2.24) is 15.5 Å². The third-order valence-electron chi connectivity index (χ3n) is 4.50. The summed E-state index contributed by atoms with van der Waals surface area (Å²) in [5.41, 5.74) is 2.15. The van der Waals surface area contributed by atoms with E-state index in [0.29, 0.717) is 16.3 Å². The Kier molecular flexibility index (Phi) is 7.13. The molecule has 0 unspecified atom stereocenters. The number of anilines is 1. The highest BCUT2D eigenvalue weighted by molar-refractivity contribution is 7.13. The van der Waals surface area contributed by atoms with Crippen LogP contribution in [0.2, 0.25) is 0 Å². The van der Waals surface area contributed by atoms with E-state index < -0.39 is 0 Å². The quantitative estimate of drug-likeness (QED) is 0.565. The van der Waals surface area contributed by atoms with Crippen molar-refractivity contribution in [3.63, 3.8) is 0 Å². The third kappa shape index (κ3) is 5.64. The fourth-order valence-corrected chi connectivity index (χ4v) is 3.21. The molecule has 0 fully saturated rings. The summed E-state index contributed by atoms with van der Waals surface area (Å²) < 4.78 is 5.74. The number of amides is 2. The Morgan fingerprint density at radius 1 is 1.07 bits per heavy atom. The fraction of sp³-hybridized carbons (Fsp3) is 0.273. The number of para-hydroxylation sites is 1. The van der Waals surface area contributed by atoms with Gasteiger partial charge in [-0.05, 0) is 56.2 Å². The monoisotopic (exact) mass is 424 g/mol. The van der Waals surface area contributed by atoms with Crippen LogP contribution in [0.15, 0.2) is 48.5 Å². The standard InChI is InChI=1S/C22H24N4O3S/c1-4-15(3)23-20(27)16-9-11-17(12-10-16)24-21(28)22-26-25-19(30-22)13-29-18-8-6-5-7-14(18)2/h5-12,15H,4,13H2,1-3H3,(H,23,27)(H,24,28)/t15-/m1/s1. The van der Waals surface area contributed by atoms with Crippen molar-refractivity contribution in [3.8, 4) is 5.75 Å². The molecule has 0 spiro atoms. The van der Waals surface area contributed by atoms with Crippen LogP contribution in [0.5, 0.6) is 5.75 Å². The van der Waals surface area contributed by atoms with Crippen molar-refractivity contribution in [3.05, 3.63) is 69.7 Å². The van der Waals surface area contributed by atoms with Gasteiger partial charge in [0.05, 0.1) is 0 Å². The summed E-state index contributed by atoms with van der Waals surface area (Å²) in [5, 5.41) is 14.5. The van der Waals surface area contributed by atoms with Crippen LogP contribution in [0, 0.1) is 6.92 Å². The lowest BCUT2D eigenvalue weighted by Gasteiger charge is -2.11. The van der Waals surface area contributed by atoms with Gasteiger partial charge in [0.25, 0.3) is 11.8 Å². The molecular weight excluding hydrogens is 400 g/mol. The molecule has 2 amide bonds. The van der Waals surface area contributed by atoms with Gasteiger partial charge in [0.1, 0.15) is 12.4 Å². The number of aromatic nitrogens is 2. The molecule has 8 heteroatoms. The lowest BCUT2D eigenvalue weighted by molar-refractivity contribution is 0.0938. The number of nitrogens with one attached hydrogen (secondary N) is 2. The van der Waals surface area contributed by atoms with Crippen LogP contribution < -0.4 is 15.4 Å². The van der Waals surface area contributed by atoms with Crippen molar-refractivity contribution in [2.75, 3.05) is 5.32 Å². The number of benzene rings is 2. The summed E-state index contributed by atoms with van der Waals surface area (Å²) >= 11 is 1.18. The SMILES string of the molecule is CC[C@@H](C)NC(=O)c1ccc(NC(=O)c2nnc(COc3ccccc3C)s2)cc1. The zero-order valence-corrected chi connectivity index (χ0v) is 18.0. The zero-order chi connectivity index (χ0) is 21.5. The van der Waals surface area contributed by atoms with Crippen LogP contribution >= 0.6 is 11.3 Å². The van der Waals surface area contributed by atoms with Crippen LogP contribution in [0.1, 0.15) is 51.0 Å². The van der Waals surface area contributed by atoms with Gasteiger partial charge in [0.2, 0.25) is 5.01 Å². The lowest BCUT2D eigenvalue weighted by atomic mass is 10.1. The van der Waals surface area contributed by atoms with E-state index in [1.165, 1.54) is 11.3 Å². The smallest absolute Gasteiger partial charge is 0.286 e. The fourth-order valence-electron chi connectivity index (χ4n) is 2.56. The second-order valence-electron chi connectivity index (χ2n) is 6.87. The molecule has 0 aliphatic rings. The molecule has 3 aromatic rings. The molecule has 2 aromatic carbocycles. The van der Waals surface area contributed by atoms with E-state index in [-0.39, 0.29) is 29.5 Å². The first-order valence-electron chi connectivity index (χ1n) is 9.69. The molecule has 0 bridgehead atoms. The Morgan fingerprint density at radius 2 is 1.80 bits per heavy atom. The summed E-state index contributed by atoms with van der Waals surface area (Å²) in [7, 11) is 0. The van der Waals surface area contributed by atoms with Gasteiger partial charge in [0.15, 0.2) is 5.01 Å². The molecule has 0 aliphatic carbocycles. The number of rotatable bonds is 8. The van der Waals surface area contributed by atoms with Crippen LogP contribution in [-0.4, -0.2) is 28.1 Å². The molecule has 0 radical (unpaired) electrons. The summed E-state index contributed by atoms with van der Waals surface area (Å²) in [6, 6.07) is 14.5. The Balaban J connectivity index is 1.56. The van der Waals surface area contributed by atoms with Crippen LogP contribution in [0.3, 0.4) is 0 Å². The first-order valence-corrected chi connectivity index (χ1v) is 10.5. The van der Waals surface area contributed by atoms with Crippen molar-refractivity contribution >= 4 is 28.8 Å². The summed E-state index contributed by atoms with van der Waals surface area (Å²) in [5.74, 6) is 0.284. The van der Waals surface area contributed by atoms with E-state index in [1.807, 2.05) is 45.0 Å². The van der Waals surface area contributed by atoms with Gasteiger partial charge in [-0.2, -0.15) is 0 Å². The highest BCUT2D eigenvalue weighted by Crippen LogP contribution is 2.20. The average Bonchev–Trinajstić information content (AvgIpc) is 3.23. The molecule has 2 N–H and O–H groups in total. The normalized spacial score (nSPS) is 11.6. The van der Waals surface area contributed by atoms with Crippen molar-refractivity contribution in [1.29, 1.82) is 0 Å². The van der Waals surface area contributed by atoms with E-state index in [1.54, 1.807) is 24.3 Å². The minimum absolute atomic E-state index is 0.110. The van der Waals surface area contributed by atoms with Crippen LogP contribution in [-0.2, 0) is 6.61 Å². The average molecular weight is 425 g/mol. The van der Waals surface area contributed by atoms with Gasteiger partial charge in [0, 0.05) is 17.3 Å². The number of carbonyl (C=O) groups excluding carboxylic acids is 2. The molecule has 1 atom stereocenters. The number of nitrogens with zero attached hydrogens (tertiary/aromatic N) is 2. The van der Waals surface area contributed by atoms with Crippen molar-refractivity contribution in [2.24, 2.45) is 0 Å². The summed E-state index contributed by atoms with van der Waals surface area (Å²) in [6.45, 7) is 6.18. The van der Waals surface area contributed by atoms with Gasteiger partial charge in [-0.3, -0.25) is 9.59 Å². The second kappa shape index (κ2) is 9.98. The van der Waals surface area contributed by atoms with E-state index in [2.05, 4.69) is 20.8 Å². The minimum Gasteiger partial charge on any atom is -0.486 e. The summed E-state index contributed by atoms with van der Waals surface area (Å²) in [4.78, 5) is 24.6. The number of hydrogen-bond acceptors (Lipinski definition) is 6. The van der Waals surface area contributed by atoms with E-state index >= 15 is 0 Å². The summed E-state index contributed by atoms with van der Waals surface area (Å²) in [6.07, 6.45) is 0.861. The molecule has 0 saturated carbocycles. The predicted octanol–water partition coefficient (Wildman–Crippen LogP) is 4.21. The topological polar surface area (TPSA) is 93.2 Å². The molecule has 156 valence electrons. The van der Waals surface area contributed by atoms with Crippen molar-refractivity contribution in [2.45, 2.75) is 39.8 Å². The Bertz CT molecular complexity index is 1020. The Hall–Kier alpha value is -3.26. The van der Waals surface area contributed by atoms with Crippen molar-refractivity contribution < 1.29 is 14.3 Å². The Morgan fingerprint density at radius 3 is 2.50 bits per heavy atom.